The Balaban J connectivity index is 1.63. The fraction of sp³-hybridized carbons (Fsp3) is 0.471. The molecule has 2 bridgehead atoms. The van der Waals surface area contributed by atoms with E-state index in [1.54, 1.807) is 12.1 Å². The SMILES string of the molecule is O=C(O)C1C2CCC(CC2)C1Nc1cc(-c2ccc(F)s2)nc(Cl)n1. The van der Waals surface area contributed by atoms with Crippen LogP contribution in [-0.2, 0) is 4.79 Å². The van der Waals surface area contributed by atoms with Crippen molar-refractivity contribution in [2.75, 3.05) is 5.32 Å². The summed E-state index contributed by atoms with van der Waals surface area (Å²) in [7, 11) is 0. The Morgan fingerprint density at radius 3 is 2.60 bits per heavy atom. The topological polar surface area (TPSA) is 75.1 Å². The third kappa shape index (κ3) is 3.22. The van der Waals surface area contributed by atoms with Crippen molar-refractivity contribution in [2.45, 2.75) is 31.7 Å². The first-order valence-corrected chi connectivity index (χ1v) is 9.50. The molecule has 132 valence electrons. The second kappa shape index (κ2) is 6.53. The first-order chi connectivity index (χ1) is 12.0. The average Bonchev–Trinajstić information content (AvgIpc) is 3.01. The van der Waals surface area contributed by atoms with Gasteiger partial charge in [0.15, 0.2) is 5.13 Å². The molecule has 5 rings (SSSR count). The Bertz CT molecular complexity index is 807. The minimum Gasteiger partial charge on any atom is -0.481 e. The van der Waals surface area contributed by atoms with Gasteiger partial charge in [0.25, 0.3) is 0 Å². The van der Waals surface area contributed by atoms with Crippen LogP contribution in [0.1, 0.15) is 25.7 Å². The van der Waals surface area contributed by atoms with Gasteiger partial charge < -0.3 is 10.4 Å². The number of nitrogens with one attached hydrogen (secondary N) is 1. The number of anilines is 1. The molecule has 3 aliphatic rings. The zero-order chi connectivity index (χ0) is 17.6. The molecule has 3 fully saturated rings. The predicted octanol–water partition coefficient (Wildman–Crippen LogP) is 4.30. The molecule has 2 aromatic rings. The van der Waals surface area contributed by atoms with Crippen LogP contribution in [0.25, 0.3) is 10.6 Å². The van der Waals surface area contributed by atoms with Crippen LogP contribution in [0.3, 0.4) is 0 Å². The van der Waals surface area contributed by atoms with Gasteiger partial charge in [-0.1, -0.05) is 0 Å². The fourth-order valence-electron chi connectivity index (χ4n) is 4.25. The van der Waals surface area contributed by atoms with E-state index >= 15 is 0 Å². The van der Waals surface area contributed by atoms with Crippen LogP contribution in [0, 0.1) is 22.9 Å². The summed E-state index contributed by atoms with van der Waals surface area (Å²) in [6, 6.07) is 4.57. The van der Waals surface area contributed by atoms with E-state index in [1.165, 1.54) is 6.07 Å². The molecule has 2 unspecified atom stereocenters. The van der Waals surface area contributed by atoms with Gasteiger partial charge in [-0.15, -0.1) is 11.3 Å². The van der Waals surface area contributed by atoms with E-state index < -0.39 is 11.9 Å². The highest BCUT2D eigenvalue weighted by atomic mass is 35.5. The molecule has 2 N–H and O–H groups in total. The van der Waals surface area contributed by atoms with Crippen LogP contribution in [0.5, 0.6) is 0 Å². The number of hydrogen-bond acceptors (Lipinski definition) is 5. The third-order valence-corrected chi connectivity index (χ3v) is 6.41. The molecule has 0 radical (unpaired) electrons. The van der Waals surface area contributed by atoms with E-state index in [-0.39, 0.29) is 22.4 Å². The van der Waals surface area contributed by atoms with Crippen molar-refractivity contribution >= 4 is 34.7 Å². The lowest BCUT2D eigenvalue weighted by atomic mass is 9.61. The van der Waals surface area contributed by atoms with Crippen LogP contribution in [0.4, 0.5) is 10.2 Å². The summed E-state index contributed by atoms with van der Waals surface area (Å²) in [4.78, 5) is 20.8. The van der Waals surface area contributed by atoms with Crippen molar-refractivity contribution in [3.63, 3.8) is 0 Å². The number of thiophene rings is 1. The van der Waals surface area contributed by atoms with Crippen molar-refractivity contribution in [2.24, 2.45) is 17.8 Å². The second-order valence-corrected chi connectivity index (χ2v) is 8.09. The minimum atomic E-state index is -0.757. The molecule has 3 saturated carbocycles. The number of carbonyl (C=O) groups is 1. The lowest BCUT2D eigenvalue weighted by Crippen LogP contribution is -2.51. The molecule has 0 aromatic carbocycles. The Labute approximate surface area is 153 Å². The number of halogens is 2. The normalized spacial score (nSPS) is 28.1. The van der Waals surface area contributed by atoms with Gasteiger partial charge >= 0.3 is 5.97 Å². The van der Waals surface area contributed by atoms with Gasteiger partial charge in [0.1, 0.15) is 5.82 Å². The number of nitrogens with zero attached hydrogens (tertiary/aromatic N) is 2. The van der Waals surface area contributed by atoms with Gasteiger partial charge in [-0.2, -0.15) is 4.39 Å². The summed E-state index contributed by atoms with van der Waals surface area (Å²) in [6.07, 6.45) is 4.02. The van der Waals surface area contributed by atoms with E-state index in [9.17, 15) is 14.3 Å². The van der Waals surface area contributed by atoms with E-state index in [2.05, 4.69) is 15.3 Å². The van der Waals surface area contributed by atoms with Gasteiger partial charge in [0.2, 0.25) is 5.28 Å². The van der Waals surface area contributed by atoms with Gasteiger partial charge in [-0.05, 0) is 61.3 Å². The first-order valence-electron chi connectivity index (χ1n) is 8.31. The van der Waals surface area contributed by atoms with Gasteiger partial charge in [0, 0.05) is 12.1 Å². The number of hydrogen-bond donors (Lipinski definition) is 2. The number of aromatic nitrogens is 2. The zero-order valence-electron chi connectivity index (χ0n) is 13.3. The van der Waals surface area contributed by atoms with Crippen LogP contribution in [0.2, 0.25) is 5.28 Å². The standard InChI is InChI=1S/C17H17ClFN3O2S/c18-17-20-10(11-5-6-12(19)25-11)7-13(22-17)21-15-9-3-1-8(2-4-9)14(15)16(23)24/h5-9,14-15H,1-4H2,(H,23,24)(H,20,21,22). The molecular weight excluding hydrogens is 365 g/mol. The highest BCUT2D eigenvalue weighted by Gasteiger charge is 2.47. The number of fused-ring (bicyclic) bond motifs is 3. The maximum Gasteiger partial charge on any atom is 0.308 e. The van der Waals surface area contributed by atoms with Crippen LogP contribution < -0.4 is 5.32 Å². The van der Waals surface area contributed by atoms with Gasteiger partial charge in [0.05, 0.1) is 16.5 Å². The van der Waals surface area contributed by atoms with Crippen molar-refractivity contribution in [3.8, 4) is 10.6 Å². The Kier molecular flexibility index (Phi) is 4.37. The maximum absolute atomic E-state index is 13.3. The lowest BCUT2D eigenvalue weighted by molar-refractivity contribution is -0.148. The number of carboxylic acid groups (broad SMARTS) is 1. The highest BCUT2D eigenvalue weighted by Crippen LogP contribution is 2.46. The number of carboxylic acids is 1. The summed E-state index contributed by atoms with van der Waals surface area (Å²) < 4.78 is 13.3. The Morgan fingerprint density at radius 1 is 1.24 bits per heavy atom. The van der Waals surface area contributed by atoms with Crippen molar-refractivity contribution in [3.05, 3.63) is 28.6 Å². The summed E-state index contributed by atoms with van der Waals surface area (Å²) in [6.45, 7) is 0. The molecule has 0 spiro atoms. The number of rotatable bonds is 4. The van der Waals surface area contributed by atoms with Gasteiger partial charge in [-0.3, -0.25) is 4.79 Å². The lowest BCUT2D eigenvalue weighted by Gasteiger charge is -2.47. The highest BCUT2D eigenvalue weighted by molar-refractivity contribution is 7.13. The number of aliphatic carboxylic acids is 1. The maximum atomic E-state index is 13.3. The predicted molar refractivity (Wildman–Crippen MR) is 94.3 cm³/mol. The van der Waals surface area contributed by atoms with E-state index in [1.807, 2.05) is 0 Å². The first kappa shape index (κ1) is 16.7. The Morgan fingerprint density at radius 2 is 1.96 bits per heavy atom. The van der Waals surface area contributed by atoms with Crippen LogP contribution in [-0.4, -0.2) is 27.1 Å². The van der Waals surface area contributed by atoms with Gasteiger partial charge in [-0.25, -0.2) is 9.97 Å². The minimum absolute atomic E-state index is 0.0571. The molecule has 8 heteroatoms. The summed E-state index contributed by atoms with van der Waals surface area (Å²) >= 11 is 7.02. The van der Waals surface area contributed by atoms with Crippen LogP contribution >= 0.6 is 22.9 Å². The Hall–Kier alpha value is -1.73. The summed E-state index contributed by atoms with van der Waals surface area (Å²) in [5.41, 5.74) is 0.532. The van der Waals surface area contributed by atoms with E-state index in [0.29, 0.717) is 22.3 Å². The second-order valence-electron chi connectivity index (χ2n) is 6.72. The molecule has 2 aromatic heterocycles. The molecular formula is C17H17ClFN3O2S. The molecule has 5 nitrogen and oxygen atoms in total. The summed E-state index contributed by atoms with van der Waals surface area (Å²) in [5.74, 6) is -0.144. The van der Waals surface area contributed by atoms with E-state index in [0.717, 1.165) is 37.0 Å². The average molecular weight is 382 g/mol. The van der Waals surface area contributed by atoms with Crippen LogP contribution in [0.15, 0.2) is 18.2 Å². The zero-order valence-corrected chi connectivity index (χ0v) is 14.9. The molecule has 3 aliphatic carbocycles. The quantitative estimate of drug-likeness (QED) is 0.772. The van der Waals surface area contributed by atoms with Crippen molar-refractivity contribution in [1.29, 1.82) is 0 Å². The monoisotopic (exact) mass is 381 g/mol. The molecule has 0 aliphatic heterocycles. The summed E-state index contributed by atoms with van der Waals surface area (Å²) in [5, 5.41) is 12.7. The molecule has 25 heavy (non-hydrogen) atoms. The smallest absolute Gasteiger partial charge is 0.308 e. The van der Waals surface area contributed by atoms with Crippen molar-refractivity contribution in [1.82, 2.24) is 9.97 Å². The van der Waals surface area contributed by atoms with Crippen molar-refractivity contribution < 1.29 is 14.3 Å². The third-order valence-electron chi connectivity index (χ3n) is 5.34. The fourth-order valence-corrected chi connectivity index (χ4v) is 5.13. The molecule has 2 atom stereocenters. The van der Waals surface area contributed by atoms with E-state index in [4.69, 9.17) is 11.6 Å². The molecule has 0 amide bonds. The molecule has 0 saturated heterocycles. The molecule has 2 heterocycles. The largest absolute Gasteiger partial charge is 0.481 e.